The molecule has 0 aromatic heterocycles. The maximum absolute atomic E-state index is 2.48. The molecule has 0 aromatic carbocycles. The quantitative estimate of drug-likeness (QED) is 0.611. The second-order valence-electron chi connectivity index (χ2n) is 5.70. The molecule has 1 saturated carbocycles. The van der Waals surface area contributed by atoms with Gasteiger partial charge in [0.15, 0.2) is 0 Å². The molecule has 0 nitrogen and oxygen atoms in total. The number of hydrogen-bond donors (Lipinski definition) is 0. The van der Waals surface area contributed by atoms with Crippen LogP contribution in [0.4, 0.5) is 0 Å². The average Bonchev–Trinajstić information content (AvgIpc) is 2.15. The van der Waals surface area contributed by atoms with Crippen molar-refractivity contribution in [2.45, 2.75) is 60.3 Å². The van der Waals surface area contributed by atoms with Crippen molar-refractivity contribution < 1.29 is 0 Å². The summed E-state index contributed by atoms with van der Waals surface area (Å²) in [5.41, 5.74) is 0. The summed E-state index contributed by atoms with van der Waals surface area (Å²) >= 11 is 0. The van der Waals surface area contributed by atoms with Gasteiger partial charge in [0.25, 0.3) is 0 Å². The summed E-state index contributed by atoms with van der Waals surface area (Å²) in [6.07, 6.45) is 5.72. The van der Waals surface area contributed by atoms with E-state index in [9.17, 15) is 0 Å². The Labute approximate surface area is 90.5 Å². The van der Waals surface area contributed by atoms with Crippen LogP contribution < -0.4 is 0 Å². The number of hydrogen-bond acceptors (Lipinski definition) is 0. The lowest BCUT2D eigenvalue weighted by atomic mass is 9.64. The van der Waals surface area contributed by atoms with Crippen LogP contribution in [0, 0.1) is 29.6 Å². The second kappa shape index (κ2) is 5.19. The van der Waals surface area contributed by atoms with E-state index in [4.69, 9.17) is 0 Å². The minimum Gasteiger partial charge on any atom is -0.0654 e. The van der Waals surface area contributed by atoms with Crippen molar-refractivity contribution >= 4 is 0 Å². The van der Waals surface area contributed by atoms with Gasteiger partial charge in [0, 0.05) is 0 Å². The van der Waals surface area contributed by atoms with Gasteiger partial charge >= 0.3 is 0 Å². The fraction of sp³-hybridized carbons (Fsp3) is 1.00. The van der Waals surface area contributed by atoms with Crippen molar-refractivity contribution in [1.82, 2.24) is 0 Å². The molecule has 0 radical (unpaired) electrons. The zero-order valence-electron chi connectivity index (χ0n) is 10.7. The molecule has 1 aliphatic rings. The monoisotopic (exact) mass is 196 g/mol. The van der Waals surface area contributed by atoms with Gasteiger partial charge in [-0.1, -0.05) is 53.9 Å². The molecular weight excluding hydrogens is 168 g/mol. The van der Waals surface area contributed by atoms with Crippen LogP contribution in [0.2, 0.25) is 0 Å². The van der Waals surface area contributed by atoms with Crippen molar-refractivity contribution in [1.29, 1.82) is 0 Å². The van der Waals surface area contributed by atoms with Gasteiger partial charge in [-0.05, 0) is 36.0 Å². The molecule has 0 amide bonds. The highest BCUT2D eigenvalue weighted by Gasteiger charge is 2.33. The molecule has 1 aliphatic carbocycles. The lowest BCUT2D eigenvalue weighted by molar-refractivity contribution is 0.0844. The topological polar surface area (TPSA) is 0 Å². The molecule has 1 fully saturated rings. The maximum atomic E-state index is 2.48. The Morgan fingerprint density at radius 3 is 2.29 bits per heavy atom. The summed E-state index contributed by atoms with van der Waals surface area (Å²) in [6.45, 7) is 12.2. The molecule has 0 aromatic rings. The third kappa shape index (κ3) is 2.52. The van der Waals surface area contributed by atoms with Gasteiger partial charge in [-0.15, -0.1) is 0 Å². The summed E-state index contributed by atoms with van der Waals surface area (Å²) in [4.78, 5) is 0. The van der Waals surface area contributed by atoms with Gasteiger partial charge < -0.3 is 0 Å². The molecule has 5 unspecified atom stereocenters. The van der Waals surface area contributed by atoms with E-state index >= 15 is 0 Å². The molecule has 14 heavy (non-hydrogen) atoms. The maximum Gasteiger partial charge on any atom is -0.0360 e. The lowest BCUT2D eigenvalue weighted by Gasteiger charge is -2.41. The van der Waals surface area contributed by atoms with Crippen LogP contribution in [-0.2, 0) is 0 Å². The van der Waals surface area contributed by atoms with Crippen molar-refractivity contribution in [3.8, 4) is 0 Å². The highest BCUT2D eigenvalue weighted by molar-refractivity contribution is 4.83. The highest BCUT2D eigenvalue weighted by Crippen LogP contribution is 2.42. The summed E-state index contributed by atoms with van der Waals surface area (Å²) in [5.74, 6) is 4.79. The second-order valence-corrected chi connectivity index (χ2v) is 5.70. The van der Waals surface area contributed by atoms with Gasteiger partial charge in [-0.3, -0.25) is 0 Å². The van der Waals surface area contributed by atoms with E-state index in [1.165, 1.54) is 25.7 Å². The Bertz CT molecular complexity index is 161. The zero-order chi connectivity index (χ0) is 10.7. The summed E-state index contributed by atoms with van der Waals surface area (Å²) in [7, 11) is 0. The Balaban J connectivity index is 2.53. The summed E-state index contributed by atoms with van der Waals surface area (Å²) < 4.78 is 0. The smallest absolute Gasteiger partial charge is 0.0360 e. The van der Waals surface area contributed by atoms with E-state index in [0.29, 0.717) is 0 Å². The Morgan fingerprint density at radius 1 is 1.07 bits per heavy atom. The molecule has 84 valence electrons. The summed E-state index contributed by atoms with van der Waals surface area (Å²) in [5, 5.41) is 0. The van der Waals surface area contributed by atoms with Gasteiger partial charge in [0.2, 0.25) is 0 Å². The number of rotatable bonds is 3. The normalized spacial score (nSPS) is 40.9. The van der Waals surface area contributed by atoms with Crippen LogP contribution in [0.25, 0.3) is 0 Å². The highest BCUT2D eigenvalue weighted by atomic mass is 14.4. The van der Waals surface area contributed by atoms with Crippen LogP contribution >= 0.6 is 0 Å². The van der Waals surface area contributed by atoms with Crippen LogP contribution in [-0.4, -0.2) is 0 Å². The van der Waals surface area contributed by atoms with Crippen molar-refractivity contribution in [2.24, 2.45) is 29.6 Å². The van der Waals surface area contributed by atoms with Crippen LogP contribution in [0.1, 0.15) is 60.3 Å². The van der Waals surface area contributed by atoms with Crippen molar-refractivity contribution in [2.75, 3.05) is 0 Å². The summed E-state index contributed by atoms with van der Waals surface area (Å²) in [6, 6.07) is 0. The first-order valence-corrected chi connectivity index (χ1v) is 6.57. The zero-order valence-corrected chi connectivity index (χ0v) is 10.7. The standard InChI is InChI=1S/C14H28/c1-6-7-11(3)14-9-8-10(2)12(4)13(14)5/h10-14H,6-9H2,1-5H3. The van der Waals surface area contributed by atoms with E-state index in [1.807, 2.05) is 0 Å². The van der Waals surface area contributed by atoms with Gasteiger partial charge in [-0.25, -0.2) is 0 Å². The minimum absolute atomic E-state index is 0.938. The molecular formula is C14H28. The van der Waals surface area contributed by atoms with E-state index in [1.54, 1.807) is 0 Å². The molecule has 0 saturated heterocycles. The van der Waals surface area contributed by atoms with Crippen LogP contribution in [0.5, 0.6) is 0 Å². The van der Waals surface area contributed by atoms with Gasteiger partial charge in [0.05, 0.1) is 0 Å². The van der Waals surface area contributed by atoms with Crippen molar-refractivity contribution in [3.05, 3.63) is 0 Å². The van der Waals surface area contributed by atoms with Gasteiger partial charge in [-0.2, -0.15) is 0 Å². The van der Waals surface area contributed by atoms with E-state index in [2.05, 4.69) is 34.6 Å². The first-order chi connectivity index (χ1) is 6.57. The predicted molar refractivity (Wildman–Crippen MR) is 64.3 cm³/mol. The fourth-order valence-corrected chi connectivity index (χ4v) is 3.36. The van der Waals surface area contributed by atoms with Crippen LogP contribution in [0.15, 0.2) is 0 Å². The minimum atomic E-state index is 0.938. The molecule has 0 bridgehead atoms. The molecule has 0 N–H and O–H groups in total. The third-order valence-corrected chi connectivity index (χ3v) is 4.83. The largest absolute Gasteiger partial charge is 0.0654 e. The predicted octanol–water partition coefficient (Wildman–Crippen LogP) is 4.74. The van der Waals surface area contributed by atoms with Crippen molar-refractivity contribution in [3.63, 3.8) is 0 Å². The van der Waals surface area contributed by atoms with Gasteiger partial charge in [0.1, 0.15) is 0 Å². The molecule has 0 spiro atoms. The fourth-order valence-electron chi connectivity index (χ4n) is 3.36. The SMILES string of the molecule is CCCC(C)C1CCC(C)C(C)C1C. The first kappa shape index (κ1) is 12.1. The molecule has 0 heteroatoms. The Morgan fingerprint density at radius 2 is 1.71 bits per heavy atom. The molecule has 1 rings (SSSR count). The Hall–Kier alpha value is 0. The third-order valence-electron chi connectivity index (χ3n) is 4.83. The lowest BCUT2D eigenvalue weighted by Crippen LogP contribution is -2.33. The van der Waals surface area contributed by atoms with E-state index in [-0.39, 0.29) is 0 Å². The van der Waals surface area contributed by atoms with E-state index in [0.717, 1.165) is 29.6 Å². The molecule has 0 heterocycles. The molecule has 5 atom stereocenters. The molecule has 0 aliphatic heterocycles. The van der Waals surface area contributed by atoms with Crippen LogP contribution in [0.3, 0.4) is 0 Å². The first-order valence-electron chi connectivity index (χ1n) is 6.57. The Kier molecular flexibility index (Phi) is 4.47. The van der Waals surface area contributed by atoms with E-state index < -0.39 is 0 Å². The average molecular weight is 196 g/mol.